The summed E-state index contributed by atoms with van der Waals surface area (Å²) in [5, 5.41) is 3.29. The van der Waals surface area contributed by atoms with Crippen molar-refractivity contribution < 1.29 is 0 Å². The number of unbranched alkanes of at least 4 members (excludes halogenated alkanes) is 1. The van der Waals surface area contributed by atoms with E-state index >= 15 is 0 Å². The zero-order valence-electron chi connectivity index (χ0n) is 7.47. The molecule has 0 aromatic carbocycles. The summed E-state index contributed by atoms with van der Waals surface area (Å²) >= 11 is 0. The van der Waals surface area contributed by atoms with Gasteiger partial charge in [0.15, 0.2) is 0 Å². The summed E-state index contributed by atoms with van der Waals surface area (Å²) in [6.07, 6.45) is 3.38. The highest BCUT2D eigenvalue weighted by atomic mass is 14.9. The van der Waals surface area contributed by atoms with Crippen LogP contribution in [-0.2, 0) is 0 Å². The van der Waals surface area contributed by atoms with Crippen LogP contribution in [0.25, 0.3) is 0 Å². The van der Waals surface area contributed by atoms with Gasteiger partial charge in [0.1, 0.15) is 0 Å². The molecule has 68 valence electrons. The summed E-state index contributed by atoms with van der Waals surface area (Å²) in [6, 6.07) is 0.233. The Labute approximate surface area is 69.5 Å². The van der Waals surface area contributed by atoms with Crippen molar-refractivity contribution in [2.75, 3.05) is 19.6 Å². The molecule has 11 heavy (non-hydrogen) atoms. The van der Waals surface area contributed by atoms with Gasteiger partial charge in [-0.2, -0.15) is 0 Å². The Kier molecular flexibility index (Phi) is 7.89. The second-order valence-electron chi connectivity index (χ2n) is 2.90. The Balaban J connectivity index is 2.97. The SMILES string of the molecule is CCCCNCC(N)CCN. The molecule has 0 amide bonds. The Morgan fingerprint density at radius 3 is 2.73 bits per heavy atom. The largest absolute Gasteiger partial charge is 0.330 e. The summed E-state index contributed by atoms with van der Waals surface area (Å²) < 4.78 is 0. The molecule has 3 nitrogen and oxygen atoms in total. The molecule has 3 heteroatoms. The predicted octanol–water partition coefficient (Wildman–Crippen LogP) is 0.0522. The standard InChI is InChI=1S/C8H21N3/c1-2-3-6-11-7-8(10)4-5-9/h8,11H,2-7,9-10H2,1H3. The molecule has 1 unspecified atom stereocenters. The van der Waals surface area contributed by atoms with Gasteiger partial charge in [-0.25, -0.2) is 0 Å². The molecule has 0 fully saturated rings. The minimum Gasteiger partial charge on any atom is -0.330 e. The van der Waals surface area contributed by atoms with Crippen LogP contribution in [0.3, 0.4) is 0 Å². The van der Waals surface area contributed by atoms with E-state index in [1.54, 1.807) is 0 Å². The van der Waals surface area contributed by atoms with Crippen LogP contribution < -0.4 is 16.8 Å². The maximum Gasteiger partial charge on any atom is 0.0177 e. The van der Waals surface area contributed by atoms with E-state index in [1.165, 1.54) is 12.8 Å². The van der Waals surface area contributed by atoms with Crippen LogP contribution in [0.1, 0.15) is 26.2 Å². The summed E-state index contributed by atoms with van der Waals surface area (Å²) in [5.41, 5.74) is 11.1. The van der Waals surface area contributed by atoms with Crippen LogP contribution in [0, 0.1) is 0 Å². The molecule has 0 aromatic heterocycles. The molecule has 5 N–H and O–H groups in total. The van der Waals surface area contributed by atoms with Crippen LogP contribution >= 0.6 is 0 Å². The topological polar surface area (TPSA) is 64.1 Å². The third-order valence-electron chi connectivity index (χ3n) is 1.65. The first-order valence-electron chi connectivity index (χ1n) is 4.47. The monoisotopic (exact) mass is 159 g/mol. The minimum absolute atomic E-state index is 0.233. The summed E-state index contributed by atoms with van der Waals surface area (Å²) in [7, 11) is 0. The smallest absolute Gasteiger partial charge is 0.0177 e. The van der Waals surface area contributed by atoms with Gasteiger partial charge in [0.25, 0.3) is 0 Å². The highest BCUT2D eigenvalue weighted by molar-refractivity contribution is 4.64. The molecule has 0 saturated heterocycles. The van der Waals surface area contributed by atoms with Crippen molar-refractivity contribution in [1.29, 1.82) is 0 Å². The maximum absolute atomic E-state index is 5.72. The van der Waals surface area contributed by atoms with Crippen molar-refractivity contribution in [2.24, 2.45) is 11.5 Å². The van der Waals surface area contributed by atoms with Crippen LogP contribution in [0.4, 0.5) is 0 Å². The van der Waals surface area contributed by atoms with Gasteiger partial charge in [-0.3, -0.25) is 0 Å². The molecule has 0 aliphatic carbocycles. The van der Waals surface area contributed by atoms with Crippen molar-refractivity contribution in [3.63, 3.8) is 0 Å². The van der Waals surface area contributed by atoms with E-state index < -0.39 is 0 Å². The van der Waals surface area contributed by atoms with Crippen LogP contribution in [0.2, 0.25) is 0 Å². The van der Waals surface area contributed by atoms with Crippen LogP contribution in [0.15, 0.2) is 0 Å². The number of rotatable bonds is 7. The minimum atomic E-state index is 0.233. The molecule has 0 bridgehead atoms. The zero-order valence-corrected chi connectivity index (χ0v) is 7.47. The van der Waals surface area contributed by atoms with Crippen molar-refractivity contribution in [3.8, 4) is 0 Å². The van der Waals surface area contributed by atoms with E-state index in [1.807, 2.05) is 0 Å². The third kappa shape index (κ3) is 7.78. The Hall–Kier alpha value is -0.120. The maximum atomic E-state index is 5.72. The summed E-state index contributed by atoms with van der Waals surface area (Å²) in [5.74, 6) is 0. The lowest BCUT2D eigenvalue weighted by molar-refractivity contribution is 0.540. The van der Waals surface area contributed by atoms with Crippen molar-refractivity contribution in [3.05, 3.63) is 0 Å². The van der Waals surface area contributed by atoms with Gasteiger partial charge in [-0.1, -0.05) is 13.3 Å². The van der Waals surface area contributed by atoms with Gasteiger partial charge in [0.2, 0.25) is 0 Å². The lowest BCUT2D eigenvalue weighted by Gasteiger charge is -2.10. The first kappa shape index (κ1) is 10.9. The molecule has 0 aliphatic rings. The fraction of sp³-hybridized carbons (Fsp3) is 1.00. The zero-order chi connectivity index (χ0) is 8.53. The number of hydrogen-bond acceptors (Lipinski definition) is 3. The quantitative estimate of drug-likeness (QED) is 0.460. The Morgan fingerprint density at radius 1 is 1.45 bits per heavy atom. The van der Waals surface area contributed by atoms with Gasteiger partial charge < -0.3 is 16.8 Å². The number of nitrogens with one attached hydrogen (secondary N) is 1. The Bertz CT molecular complexity index is 75.7. The number of nitrogens with two attached hydrogens (primary N) is 2. The second-order valence-corrected chi connectivity index (χ2v) is 2.90. The average molecular weight is 159 g/mol. The van der Waals surface area contributed by atoms with E-state index in [0.29, 0.717) is 6.54 Å². The average Bonchev–Trinajstić information content (AvgIpc) is 1.99. The highest BCUT2D eigenvalue weighted by Gasteiger charge is 1.98. The highest BCUT2D eigenvalue weighted by Crippen LogP contribution is 1.85. The molecule has 0 saturated carbocycles. The molecule has 0 heterocycles. The van der Waals surface area contributed by atoms with E-state index in [-0.39, 0.29) is 6.04 Å². The molecular weight excluding hydrogens is 138 g/mol. The van der Waals surface area contributed by atoms with Gasteiger partial charge in [-0.15, -0.1) is 0 Å². The van der Waals surface area contributed by atoms with Crippen molar-refractivity contribution in [2.45, 2.75) is 32.2 Å². The normalized spacial score (nSPS) is 13.4. The third-order valence-corrected chi connectivity index (χ3v) is 1.65. The van der Waals surface area contributed by atoms with Gasteiger partial charge >= 0.3 is 0 Å². The summed E-state index contributed by atoms with van der Waals surface area (Å²) in [4.78, 5) is 0. The Morgan fingerprint density at radius 2 is 2.18 bits per heavy atom. The molecule has 0 spiro atoms. The molecular formula is C8H21N3. The van der Waals surface area contributed by atoms with E-state index in [9.17, 15) is 0 Å². The van der Waals surface area contributed by atoms with Gasteiger partial charge in [0, 0.05) is 12.6 Å². The van der Waals surface area contributed by atoms with E-state index in [2.05, 4.69) is 12.2 Å². The van der Waals surface area contributed by atoms with Gasteiger partial charge in [-0.05, 0) is 25.9 Å². The molecule has 0 radical (unpaired) electrons. The number of hydrogen-bond donors (Lipinski definition) is 3. The molecule has 0 aromatic rings. The second kappa shape index (κ2) is 7.98. The predicted molar refractivity (Wildman–Crippen MR) is 49.4 cm³/mol. The first-order chi connectivity index (χ1) is 5.31. The fourth-order valence-corrected chi connectivity index (χ4v) is 0.905. The lowest BCUT2D eigenvalue weighted by Crippen LogP contribution is -2.35. The molecule has 1 atom stereocenters. The fourth-order valence-electron chi connectivity index (χ4n) is 0.905. The van der Waals surface area contributed by atoms with Crippen molar-refractivity contribution >= 4 is 0 Å². The molecule has 0 rings (SSSR count). The van der Waals surface area contributed by atoms with E-state index in [4.69, 9.17) is 11.5 Å². The van der Waals surface area contributed by atoms with Crippen molar-refractivity contribution in [1.82, 2.24) is 5.32 Å². The molecule has 0 aliphatic heterocycles. The van der Waals surface area contributed by atoms with E-state index in [0.717, 1.165) is 19.5 Å². The van der Waals surface area contributed by atoms with Gasteiger partial charge in [0.05, 0.1) is 0 Å². The lowest BCUT2D eigenvalue weighted by atomic mass is 10.2. The van der Waals surface area contributed by atoms with Crippen LogP contribution in [0.5, 0.6) is 0 Å². The summed E-state index contributed by atoms with van der Waals surface area (Å²) in [6.45, 7) is 4.85. The van der Waals surface area contributed by atoms with Crippen LogP contribution in [-0.4, -0.2) is 25.7 Å². The first-order valence-corrected chi connectivity index (χ1v) is 4.47.